The maximum absolute atomic E-state index is 12.0. The molecule has 0 saturated heterocycles. The van der Waals surface area contributed by atoms with Crippen LogP contribution in [0.4, 0.5) is 0 Å². The maximum atomic E-state index is 12.0. The molecule has 1 N–H and O–H groups in total. The molecule has 0 aliphatic rings. The van der Waals surface area contributed by atoms with Gasteiger partial charge in [-0.25, -0.2) is 0 Å². The molecule has 98 valence electrons. The van der Waals surface area contributed by atoms with E-state index in [1.54, 1.807) is 23.6 Å². The van der Waals surface area contributed by atoms with Gasteiger partial charge in [-0.05, 0) is 18.4 Å². The zero-order chi connectivity index (χ0) is 13.7. The Bertz CT molecular complexity index is 549. The van der Waals surface area contributed by atoms with E-state index in [1.165, 1.54) is 11.3 Å². The summed E-state index contributed by atoms with van der Waals surface area (Å²) in [4.78, 5) is 23.8. The number of Topliss-reactive ketones (excluding diaryl/α,β-unsaturated/α-hetero) is 1. The van der Waals surface area contributed by atoms with Gasteiger partial charge in [0, 0.05) is 29.0 Å². The Balaban J connectivity index is 1.90. The first-order valence-corrected chi connectivity index (χ1v) is 7.02. The summed E-state index contributed by atoms with van der Waals surface area (Å²) in [6, 6.07) is 10.7. The molecule has 0 radical (unpaired) electrons. The zero-order valence-electron chi connectivity index (χ0n) is 10.6. The van der Waals surface area contributed by atoms with Crippen molar-refractivity contribution in [1.82, 2.24) is 5.32 Å². The van der Waals surface area contributed by atoms with Gasteiger partial charge in [0.15, 0.2) is 5.78 Å². The van der Waals surface area contributed by atoms with E-state index in [0.717, 1.165) is 0 Å². The summed E-state index contributed by atoms with van der Waals surface area (Å²) in [5, 5.41) is 6.48. The van der Waals surface area contributed by atoms with Crippen molar-refractivity contribution in [2.75, 3.05) is 0 Å². The number of amides is 1. The summed E-state index contributed by atoms with van der Waals surface area (Å²) in [5.41, 5.74) is 1.32. The predicted molar refractivity (Wildman–Crippen MR) is 76.6 cm³/mol. The van der Waals surface area contributed by atoms with Crippen LogP contribution in [0.15, 0.2) is 47.2 Å². The lowest BCUT2D eigenvalue weighted by Crippen LogP contribution is -2.34. The number of benzene rings is 1. The van der Waals surface area contributed by atoms with E-state index >= 15 is 0 Å². The Hall–Kier alpha value is -1.94. The van der Waals surface area contributed by atoms with Gasteiger partial charge in [-0.2, -0.15) is 11.3 Å². The highest BCUT2D eigenvalue weighted by molar-refractivity contribution is 7.08. The Morgan fingerprint density at radius 2 is 1.89 bits per heavy atom. The number of thiophene rings is 1. The fourth-order valence-corrected chi connectivity index (χ4v) is 2.41. The maximum Gasteiger partial charge on any atom is 0.252 e. The van der Waals surface area contributed by atoms with Gasteiger partial charge in [0.05, 0.1) is 0 Å². The van der Waals surface area contributed by atoms with Crippen molar-refractivity contribution in [3.05, 3.63) is 58.3 Å². The van der Waals surface area contributed by atoms with Gasteiger partial charge in [0.25, 0.3) is 5.91 Å². The minimum Gasteiger partial charge on any atom is -0.349 e. The van der Waals surface area contributed by atoms with Crippen LogP contribution in [-0.2, 0) is 0 Å². The molecule has 0 unspecified atom stereocenters. The van der Waals surface area contributed by atoms with Crippen LogP contribution < -0.4 is 5.32 Å². The van der Waals surface area contributed by atoms with Crippen molar-refractivity contribution in [3.63, 3.8) is 0 Å². The molecule has 1 heterocycles. The minimum absolute atomic E-state index is 0.0405. The normalized spacial score (nSPS) is 11.8. The van der Waals surface area contributed by atoms with Crippen LogP contribution in [0.2, 0.25) is 0 Å². The highest BCUT2D eigenvalue weighted by Gasteiger charge is 2.14. The van der Waals surface area contributed by atoms with Gasteiger partial charge in [-0.15, -0.1) is 0 Å². The molecule has 1 atom stereocenters. The van der Waals surface area contributed by atoms with Crippen LogP contribution in [0.3, 0.4) is 0 Å². The molecule has 0 aliphatic carbocycles. The standard InChI is InChI=1S/C15H15NO2S/c1-11(16-15(18)13-7-8-19-10-13)9-14(17)12-5-3-2-4-6-12/h2-8,10-11H,9H2,1H3,(H,16,18)/t11-/m0/s1. The van der Waals surface area contributed by atoms with Gasteiger partial charge in [0.1, 0.15) is 0 Å². The third-order valence-corrected chi connectivity index (χ3v) is 3.43. The van der Waals surface area contributed by atoms with Crippen LogP contribution in [0.25, 0.3) is 0 Å². The third-order valence-electron chi connectivity index (χ3n) is 2.75. The molecule has 2 aromatic rings. The molecule has 4 heteroatoms. The van der Waals surface area contributed by atoms with Crippen LogP contribution in [0.1, 0.15) is 34.1 Å². The lowest BCUT2D eigenvalue weighted by atomic mass is 10.0. The van der Waals surface area contributed by atoms with Crippen LogP contribution in [0.5, 0.6) is 0 Å². The topological polar surface area (TPSA) is 46.2 Å². The van der Waals surface area contributed by atoms with Gasteiger partial charge in [-0.3, -0.25) is 9.59 Å². The van der Waals surface area contributed by atoms with E-state index in [0.29, 0.717) is 17.5 Å². The molecular formula is C15H15NO2S. The molecule has 19 heavy (non-hydrogen) atoms. The van der Waals surface area contributed by atoms with Crippen LogP contribution in [-0.4, -0.2) is 17.7 Å². The Labute approximate surface area is 116 Å². The van der Waals surface area contributed by atoms with E-state index in [-0.39, 0.29) is 17.7 Å². The van der Waals surface area contributed by atoms with Gasteiger partial charge >= 0.3 is 0 Å². The Morgan fingerprint density at radius 1 is 1.16 bits per heavy atom. The van der Waals surface area contributed by atoms with E-state index in [4.69, 9.17) is 0 Å². The number of carbonyl (C=O) groups excluding carboxylic acids is 2. The second-order valence-corrected chi connectivity index (χ2v) is 5.16. The molecule has 1 aromatic carbocycles. The SMILES string of the molecule is C[C@@H](CC(=O)c1ccccc1)NC(=O)c1ccsc1. The van der Waals surface area contributed by atoms with Crippen molar-refractivity contribution in [2.24, 2.45) is 0 Å². The second kappa shape index (κ2) is 6.29. The van der Waals surface area contributed by atoms with E-state index in [9.17, 15) is 9.59 Å². The Morgan fingerprint density at radius 3 is 2.53 bits per heavy atom. The largest absolute Gasteiger partial charge is 0.349 e. The number of ketones is 1. The average molecular weight is 273 g/mol. The van der Waals surface area contributed by atoms with E-state index < -0.39 is 0 Å². The molecule has 0 bridgehead atoms. The lowest BCUT2D eigenvalue weighted by molar-refractivity contribution is 0.0918. The van der Waals surface area contributed by atoms with Crippen molar-refractivity contribution in [3.8, 4) is 0 Å². The number of rotatable bonds is 5. The van der Waals surface area contributed by atoms with Crippen molar-refractivity contribution >= 4 is 23.0 Å². The fourth-order valence-electron chi connectivity index (χ4n) is 1.77. The molecular weight excluding hydrogens is 258 g/mol. The summed E-state index contributed by atoms with van der Waals surface area (Å²) in [6.07, 6.45) is 0.305. The molecule has 2 rings (SSSR count). The first-order valence-electron chi connectivity index (χ1n) is 6.08. The highest BCUT2D eigenvalue weighted by atomic mass is 32.1. The summed E-state index contributed by atoms with van der Waals surface area (Å²) < 4.78 is 0. The smallest absolute Gasteiger partial charge is 0.252 e. The molecule has 1 aromatic heterocycles. The van der Waals surface area contributed by atoms with Crippen LogP contribution in [0, 0.1) is 0 Å². The second-order valence-electron chi connectivity index (χ2n) is 4.38. The predicted octanol–water partition coefficient (Wildman–Crippen LogP) is 3.14. The first kappa shape index (κ1) is 13.5. The number of hydrogen-bond acceptors (Lipinski definition) is 3. The fraction of sp³-hybridized carbons (Fsp3) is 0.200. The van der Waals surface area contributed by atoms with Crippen LogP contribution >= 0.6 is 11.3 Å². The zero-order valence-corrected chi connectivity index (χ0v) is 11.4. The quantitative estimate of drug-likeness (QED) is 0.851. The average Bonchev–Trinajstić information content (AvgIpc) is 2.93. The minimum atomic E-state index is -0.180. The lowest BCUT2D eigenvalue weighted by Gasteiger charge is -2.12. The molecule has 0 aliphatic heterocycles. The number of carbonyl (C=O) groups is 2. The van der Waals surface area contributed by atoms with Crippen molar-refractivity contribution in [2.45, 2.75) is 19.4 Å². The summed E-state index contributed by atoms with van der Waals surface area (Å²) >= 11 is 1.48. The molecule has 1 amide bonds. The molecule has 0 fully saturated rings. The van der Waals surface area contributed by atoms with E-state index in [1.807, 2.05) is 30.5 Å². The van der Waals surface area contributed by atoms with E-state index in [2.05, 4.69) is 5.32 Å². The van der Waals surface area contributed by atoms with Crippen molar-refractivity contribution < 1.29 is 9.59 Å². The number of hydrogen-bond donors (Lipinski definition) is 1. The summed E-state index contributed by atoms with van der Waals surface area (Å²) in [7, 11) is 0. The van der Waals surface area contributed by atoms with Crippen molar-refractivity contribution in [1.29, 1.82) is 0 Å². The van der Waals surface area contributed by atoms with Gasteiger partial charge < -0.3 is 5.32 Å². The molecule has 0 saturated carbocycles. The summed E-state index contributed by atoms with van der Waals surface area (Å²) in [6.45, 7) is 1.84. The summed E-state index contributed by atoms with van der Waals surface area (Å²) in [5.74, 6) is -0.0895. The monoisotopic (exact) mass is 273 g/mol. The number of nitrogens with one attached hydrogen (secondary N) is 1. The van der Waals surface area contributed by atoms with Gasteiger partial charge in [0.2, 0.25) is 0 Å². The molecule has 3 nitrogen and oxygen atoms in total. The van der Waals surface area contributed by atoms with Gasteiger partial charge in [-0.1, -0.05) is 30.3 Å². The Kier molecular flexibility index (Phi) is 4.47. The third kappa shape index (κ3) is 3.76. The molecule has 0 spiro atoms. The highest BCUT2D eigenvalue weighted by Crippen LogP contribution is 2.08. The first-order chi connectivity index (χ1) is 9.16.